The number of pyridine rings is 2. The van der Waals surface area contributed by atoms with E-state index in [0.717, 1.165) is 21.1 Å². The van der Waals surface area contributed by atoms with Crippen molar-refractivity contribution in [3.05, 3.63) is 109 Å². The van der Waals surface area contributed by atoms with Gasteiger partial charge in [0.1, 0.15) is 0 Å². The van der Waals surface area contributed by atoms with Gasteiger partial charge in [-0.05, 0) is 31.3 Å². The van der Waals surface area contributed by atoms with Gasteiger partial charge in [-0.3, -0.25) is 0 Å². The largest absolute Gasteiger partial charge is 3.00 e. The SMILES string of the molecule is [Ir+3].[c-]1c(-c2ccccn2)sc2ccccc12.[c-]1c(-c2ccccn2)sc2ccccc12. The maximum atomic E-state index is 4.32. The van der Waals surface area contributed by atoms with Crippen LogP contribution in [0.25, 0.3) is 41.3 Å². The second kappa shape index (κ2) is 10.1. The Morgan fingerprint density at radius 2 is 0.935 bits per heavy atom. The molecule has 6 rings (SSSR count). The minimum Gasteiger partial charge on any atom is -0.303 e. The van der Waals surface area contributed by atoms with Gasteiger partial charge >= 0.3 is 20.1 Å². The molecular weight excluding hydrogens is 597 g/mol. The van der Waals surface area contributed by atoms with E-state index in [1.54, 1.807) is 22.7 Å². The van der Waals surface area contributed by atoms with Crippen LogP contribution in [-0.4, -0.2) is 9.97 Å². The summed E-state index contributed by atoms with van der Waals surface area (Å²) in [6.45, 7) is 0. The third kappa shape index (κ3) is 4.97. The number of thiophene rings is 2. The maximum Gasteiger partial charge on any atom is 3.00 e. The third-order valence-electron chi connectivity index (χ3n) is 4.49. The summed E-state index contributed by atoms with van der Waals surface area (Å²) in [7, 11) is 0. The molecule has 0 fully saturated rings. The van der Waals surface area contributed by atoms with E-state index in [0.29, 0.717) is 0 Å². The summed E-state index contributed by atoms with van der Waals surface area (Å²) in [5, 5.41) is 2.34. The maximum absolute atomic E-state index is 4.32. The Morgan fingerprint density at radius 1 is 0.516 bits per heavy atom. The molecule has 2 aromatic carbocycles. The van der Waals surface area contributed by atoms with Crippen molar-refractivity contribution in [2.75, 3.05) is 0 Å². The second-order valence-electron chi connectivity index (χ2n) is 6.53. The molecule has 31 heavy (non-hydrogen) atoms. The van der Waals surface area contributed by atoms with E-state index in [1.165, 1.54) is 20.2 Å². The van der Waals surface area contributed by atoms with Gasteiger partial charge in [-0.2, -0.15) is 0 Å². The standard InChI is InChI=1S/2C13H8NS.Ir/c2*1-2-7-12-10(5-1)9-13(15-12)11-6-3-4-8-14-11;/h2*1-8H;/q2*-1;+3. The monoisotopic (exact) mass is 613 g/mol. The first kappa shape index (κ1) is 21.5. The number of fused-ring (bicyclic) bond motifs is 2. The predicted molar refractivity (Wildman–Crippen MR) is 128 cm³/mol. The van der Waals surface area contributed by atoms with Gasteiger partial charge in [-0.25, -0.2) is 22.7 Å². The van der Waals surface area contributed by atoms with Gasteiger partial charge < -0.3 is 9.97 Å². The van der Waals surface area contributed by atoms with E-state index in [2.05, 4.69) is 58.5 Å². The normalized spacial score (nSPS) is 10.3. The summed E-state index contributed by atoms with van der Waals surface area (Å²) in [6, 6.07) is 35.2. The van der Waals surface area contributed by atoms with E-state index in [-0.39, 0.29) is 20.1 Å². The molecule has 0 bridgehead atoms. The molecule has 0 N–H and O–H groups in total. The minimum absolute atomic E-state index is 0. The molecule has 0 amide bonds. The fourth-order valence-electron chi connectivity index (χ4n) is 3.06. The molecule has 0 saturated carbocycles. The summed E-state index contributed by atoms with van der Waals surface area (Å²) < 4.78 is 2.52. The van der Waals surface area contributed by atoms with Crippen LogP contribution in [0.15, 0.2) is 97.3 Å². The third-order valence-corrected chi connectivity index (χ3v) is 6.67. The van der Waals surface area contributed by atoms with E-state index in [4.69, 9.17) is 0 Å². The second-order valence-corrected chi connectivity index (χ2v) is 8.64. The van der Waals surface area contributed by atoms with Crippen LogP contribution < -0.4 is 0 Å². The van der Waals surface area contributed by atoms with Crippen LogP contribution in [0.4, 0.5) is 0 Å². The van der Waals surface area contributed by atoms with Gasteiger partial charge in [0.2, 0.25) is 0 Å². The Balaban J connectivity index is 0.000000144. The van der Waals surface area contributed by atoms with Crippen LogP contribution in [-0.2, 0) is 20.1 Å². The number of benzene rings is 2. The average Bonchev–Trinajstić information content (AvgIpc) is 3.45. The van der Waals surface area contributed by atoms with Crippen molar-refractivity contribution in [1.29, 1.82) is 0 Å². The molecule has 0 radical (unpaired) electrons. The topological polar surface area (TPSA) is 25.8 Å². The fourth-order valence-corrected chi connectivity index (χ4v) is 5.02. The first-order valence-electron chi connectivity index (χ1n) is 9.51. The van der Waals surface area contributed by atoms with Gasteiger partial charge in [0.25, 0.3) is 0 Å². The Kier molecular flexibility index (Phi) is 7.00. The molecular formula is C26H16IrN2S2+. The smallest absolute Gasteiger partial charge is 0.303 e. The Morgan fingerprint density at radius 3 is 1.32 bits per heavy atom. The Bertz CT molecular complexity index is 1220. The van der Waals surface area contributed by atoms with Gasteiger partial charge in [-0.15, -0.1) is 47.2 Å². The summed E-state index contributed by atoms with van der Waals surface area (Å²) in [4.78, 5) is 10.9. The summed E-state index contributed by atoms with van der Waals surface area (Å²) in [5.41, 5.74) is 2.00. The van der Waals surface area contributed by atoms with E-state index in [1.807, 2.05) is 60.9 Å². The Hall–Kier alpha value is -2.69. The van der Waals surface area contributed by atoms with Crippen LogP contribution in [0.3, 0.4) is 0 Å². The summed E-state index contributed by atoms with van der Waals surface area (Å²) in [5.74, 6) is 0. The van der Waals surface area contributed by atoms with E-state index in [9.17, 15) is 0 Å². The molecule has 0 aliphatic rings. The molecule has 0 unspecified atom stereocenters. The van der Waals surface area contributed by atoms with Crippen molar-refractivity contribution < 1.29 is 20.1 Å². The molecule has 0 aliphatic carbocycles. The van der Waals surface area contributed by atoms with Crippen LogP contribution in [0, 0.1) is 12.1 Å². The molecule has 4 aromatic heterocycles. The fraction of sp³-hybridized carbons (Fsp3) is 0. The zero-order valence-electron chi connectivity index (χ0n) is 16.3. The van der Waals surface area contributed by atoms with Crippen molar-refractivity contribution in [3.63, 3.8) is 0 Å². The summed E-state index contributed by atoms with van der Waals surface area (Å²) in [6.07, 6.45) is 3.63. The van der Waals surface area contributed by atoms with E-state index < -0.39 is 0 Å². The van der Waals surface area contributed by atoms with Gasteiger partial charge in [-0.1, -0.05) is 48.5 Å². The molecule has 2 nitrogen and oxygen atoms in total. The predicted octanol–water partition coefficient (Wildman–Crippen LogP) is 7.52. The van der Waals surface area contributed by atoms with Gasteiger partial charge in [0, 0.05) is 23.8 Å². The van der Waals surface area contributed by atoms with Gasteiger partial charge in [0.15, 0.2) is 0 Å². The number of hydrogen-bond acceptors (Lipinski definition) is 4. The first-order chi connectivity index (χ1) is 14.9. The minimum atomic E-state index is 0. The molecule has 4 heterocycles. The van der Waals surface area contributed by atoms with Crippen molar-refractivity contribution in [1.82, 2.24) is 9.97 Å². The zero-order chi connectivity index (χ0) is 20.2. The van der Waals surface area contributed by atoms with Crippen LogP contribution >= 0.6 is 22.7 Å². The molecule has 0 saturated heterocycles. The van der Waals surface area contributed by atoms with Crippen molar-refractivity contribution >= 4 is 42.8 Å². The van der Waals surface area contributed by atoms with Crippen LogP contribution in [0.2, 0.25) is 0 Å². The quantitative estimate of drug-likeness (QED) is 0.189. The first-order valence-corrected chi connectivity index (χ1v) is 11.1. The van der Waals surface area contributed by atoms with Crippen LogP contribution in [0.1, 0.15) is 0 Å². The number of aromatic nitrogens is 2. The number of rotatable bonds is 2. The number of nitrogens with zero attached hydrogens (tertiary/aromatic N) is 2. The molecule has 0 atom stereocenters. The van der Waals surface area contributed by atoms with E-state index >= 15 is 0 Å². The molecule has 5 heteroatoms. The molecule has 0 spiro atoms. The summed E-state index contributed by atoms with van der Waals surface area (Å²) >= 11 is 3.46. The van der Waals surface area contributed by atoms with Crippen molar-refractivity contribution in [2.24, 2.45) is 0 Å². The average molecular weight is 613 g/mol. The number of hydrogen-bond donors (Lipinski definition) is 0. The van der Waals surface area contributed by atoms with Crippen LogP contribution in [0.5, 0.6) is 0 Å². The Labute approximate surface area is 202 Å². The van der Waals surface area contributed by atoms with Gasteiger partial charge in [0.05, 0.1) is 0 Å². The van der Waals surface area contributed by atoms with Crippen molar-refractivity contribution in [2.45, 2.75) is 0 Å². The molecule has 150 valence electrons. The molecule has 0 aliphatic heterocycles. The molecule has 6 aromatic rings. The van der Waals surface area contributed by atoms with Crippen molar-refractivity contribution in [3.8, 4) is 21.1 Å². The zero-order valence-corrected chi connectivity index (χ0v) is 20.3.